The highest BCUT2D eigenvalue weighted by molar-refractivity contribution is 5.85. The number of ether oxygens (including phenoxy) is 1. The van der Waals surface area contributed by atoms with Gasteiger partial charge in [0, 0.05) is 6.04 Å². The number of hydrogen-bond donors (Lipinski definition) is 1. The lowest BCUT2D eigenvalue weighted by molar-refractivity contribution is -0.143. The first kappa shape index (κ1) is 15.4. The maximum Gasteiger partial charge on any atom is 0.307 e. The molecule has 0 bridgehead atoms. The highest BCUT2D eigenvalue weighted by Crippen LogP contribution is 2.15. The molecule has 1 atom stereocenters. The van der Waals surface area contributed by atoms with Gasteiger partial charge in [0.2, 0.25) is 0 Å². The topological polar surface area (TPSA) is 76.1 Å². The van der Waals surface area contributed by atoms with Crippen molar-refractivity contribution in [1.82, 2.24) is 0 Å². The number of esters is 1. The van der Waals surface area contributed by atoms with Gasteiger partial charge in [0.05, 0.1) is 24.7 Å². The second-order valence-corrected chi connectivity index (χ2v) is 3.35. The summed E-state index contributed by atoms with van der Waals surface area (Å²) in [6.07, 6.45) is 0.128. The van der Waals surface area contributed by atoms with Gasteiger partial charge >= 0.3 is 5.97 Å². The van der Waals surface area contributed by atoms with Gasteiger partial charge < -0.3 is 10.5 Å². The lowest BCUT2D eigenvalue weighted by Crippen LogP contribution is -2.17. The Kier molecular flexibility index (Phi) is 6.95. The van der Waals surface area contributed by atoms with Gasteiger partial charge in [-0.1, -0.05) is 12.1 Å². The van der Waals surface area contributed by atoms with Crippen LogP contribution in [0.2, 0.25) is 0 Å². The van der Waals surface area contributed by atoms with E-state index in [2.05, 4.69) is 0 Å². The molecule has 2 N–H and O–H groups in total. The third-order valence-corrected chi connectivity index (χ3v) is 2.14. The number of hydrogen-bond acceptors (Lipinski definition) is 4. The Labute approximate surface area is 107 Å². The van der Waals surface area contributed by atoms with Gasteiger partial charge in [-0.15, -0.1) is 12.4 Å². The summed E-state index contributed by atoms with van der Waals surface area (Å²) in [4.78, 5) is 11.2. The van der Waals surface area contributed by atoms with Crippen molar-refractivity contribution in [3.05, 3.63) is 35.4 Å². The first-order chi connectivity index (χ1) is 7.67. The minimum absolute atomic E-state index is 0. The SMILES string of the molecule is CCOC(=O)C[C@H](N)c1cccc(C#N)c1.Cl. The van der Waals surface area contributed by atoms with E-state index < -0.39 is 6.04 Å². The number of halogens is 1. The molecule has 0 fully saturated rings. The first-order valence-corrected chi connectivity index (χ1v) is 5.08. The molecule has 0 amide bonds. The van der Waals surface area contributed by atoms with Crippen molar-refractivity contribution in [2.24, 2.45) is 5.73 Å². The summed E-state index contributed by atoms with van der Waals surface area (Å²) in [6.45, 7) is 2.10. The van der Waals surface area contributed by atoms with E-state index in [1.807, 2.05) is 6.07 Å². The third kappa shape index (κ3) is 4.85. The molecule has 0 radical (unpaired) electrons. The van der Waals surface area contributed by atoms with Crippen LogP contribution in [-0.4, -0.2) is 12.6 Å². The van der Waals surface area contributed by atoms with Crippen molar-refractivity contribution in [1.29, 1.82) is 5.26 Å². The van der Waals surface area contributed by atoms with Gasteiger partial charge in [-0.05, 0) is 24.6 Å². The smallest absolute Gasteiger partial charge is 0.307 e. The summed E-state index contributed by atoms with van der Waals surface area (Å²) in [5.41, 5.74) is 7.15. The molecule has 1 aromatic carbocycles. The van der Waals surface area contributed by atoms with Crippen LogP contribution >= 0.6 is 12.4 Å². The molecular weight excluding hydrogens is 240 g/mol. The fraction of sp³-hybridized carbons (Fsp3) is 0.333. The molecule has 4 nitrogen and oxygen atoms in total. The van der Waals surface area contributed by atoms with E-state index in [0.717, 1.165) is 5.56 Å². The average molecular weight is 255 g/mol. The molecule has 17 heavy (non-hydrogen) atoms. The third-order valence-electron chi connectivity index (χ3n) is 2.14. The zero-order chi connectivity index (χ0) is 12.0. The molecule has 1 rings (SSSR count). The maximum atomic E-state index is 11.2. The van der Waals surface area contributed by atoms with Crippen molar-refractivity contribution in [3.8, 4) is 6.07 Å². The molecule has 92 valence electrons. The highest BCUT2D eigenvalue weighted by Gasteiger charge is 2.12. The molecule has 1 aromatic rings. The predicted molar refractivity (Wildman–Crippen MR) is 66.6 cm³/mol. The molecule has 0 unspecified atom stereocenters. The normalized spacial score (nSPS) is 10.9. The van der Waals surface area contributed by atoms with Crippen LogP contribution in [0.15, 0.2) is 24.3 Å². The zero-order valence-corrected chi connectivity index (χ0v) is 10.4. The minimum atomic E-state index is -0.424. The Hall–Kier alpha value is -1.57. The highest BCUT2D eigenvalue weighted by atomic mass is 35.5. The van der Waals surface area contributed by atoms with Crippen molar-refractivity contribution in [2.45, 2.75) is 19.4 Å². The van der Waals surface area contributed by atoms with Gasteiger partial charge in [0.15, 0.2) is 0 Å². The monoisotopic (exact) mass is 254 g/mol. The standard InChI is InChI=1S/C12H14N2O2.ClH/c1-2-16-12(15)7-11(14)10-5-3-4-9(6-10)8-13;/h3-6,11H,2,7,14H2,1H3;1H/t11-;/m0./s1. The van der Waals surface area contributed by atoms with Crippen LogP contribution in [0, 0.1) is 11.3 Å². The molecule has 0 aliphatic rings. The fourth-order valence-electron chi connectivity index (χ4n) is 1.36. The number of benzene rings is 1. The van der Waals surface area contributed by atoms with Crippen LogP contribution in [0.3, 0.4) is 0 Å². The molecule has 0 aliphatic carbocycles. The van der Waals surface area contributed by atoms with Crippen molar-refractivity contribution in [3.63, 3.8) is 0 Å². The van der Waals surface area contributed by atoms with Crippen LogP contribution in [0.1, 0.15) is 30.5 Å². The van der Waals surface area contributed by atoms with Crippen LogP contribution in [0.4, 0.5) is 0 Å². The van der Waals surface area contributed by atoms with Crippen molar-refractivity contribution in [2.75, 3.05) is 6.61 Å². The predicted octanol–water partition coefficient (Wildman–Crippen LogP) is 1.93. The van der Waals surface area contributed by atoms with Crippen LogP contribution < -0.4 is 5.73 Å². The molecule has 0 aromatic heterocycles. The number of rotatable bonds is 4. The van der Waals surface area contributed by atoms with Crippen LogP contribution in [0.25, 0.3) is 0 Å². The number of nitriles is 1. The van der Waals surface area contributed by atoms with Crippen LogP contribution in [0.5, 0.6) is 0 Å². The lowest BCUT2D eigenvalue weighted by Gasteiger charge is -2.11. The Balaban J connectivity index is 0.00000256. The number of nitrogens with zero attached hydrogens (tertiary/aromatic N) is 1. The van der Waals surface area contributed by atoms with E-state index in [9.17, 15) is 4.79 Å². The molecule has 0 saturated heterocycles. The summed E-state index contributed by atoms with van der Waals surface area (Å²) in [7, 11) is 0. The van der Waals surface area contributed by atoms with E-state index in [1.54, 1.807) is 31.2 Å². The first-order valence-electron chi connectivity index (χ1n) is 5.08. The van der Waals surface area contributed by atoms with Gasteiger partial charge in [-0.3, -0.25) is 4.79 Å². The van der Waals surface area contributed by atoms with Gasteiger partial charge in [-0.2, -0.15) is 5.26 Å². The molecule has 0 heterocycles. The number of carbonyl (C=O) groups excluding carboxylic acids is 1. The Bertz CT molecular complexity index is 415. The average Bonchev–Trinajstić information content (AvgIpc) is 2.29. The summed E-state index contributed by atoms with van der Waals surface area (Å²) in [6, 6.07) is 8.53. The van der Waals surface area contributed by atoms with Crippen LogP contribution in [-0.2, 0) is 9.53 Å². The zero-order valence-electron chi connectivity index (χ0n) is 9.55. The summed E-state index contributed by atoms with van der Waals surface area (Å²) in [5, 5.41) is 8.73. The molecular formula is C12H15ClN2O2. The minimum Gasteiger partial charge on any atom is -0.466 e. The Morgan fingerprint density at radius 3 is 2.88 bits per heavy atom. The molecule has 0 spiro atoms. The summed E-state index contributed by atoms with van der Waals surface area (Å²) in [5.74, 6) is -0.322. The summed E-state index contributed by atoms with van der Waals surface area (Å²) < 4.78 is 4.81. The van der Waals surface area contributed by atoms with E-state index in [-0.39, 0.29) is 24.8 Å². The van der Waals surface area contributed by atoms with Gasteiger partial charge in [0.25, 0.3) is 0 Å². The Morgan fingerprint density at radius 1 is 1.59 bits per heavy atom. The summed E-state index contributed by atoms with van der Waals surface area (Å²) >= 11 is 0. The molecule has 0 saturated carbocycles. The molecule has 5 heteroatoms. The van der Waals surface area contributed by atoms with E-state index in [1.165, 1.54) is 0 Å². The second-order valence-electron chi connectivity index (χ2n) is 3.35. The second kappa shape index (κ2) is 7.66. The molecule has 0 aliphatic heterocycles. The number of carbonyl (C=O) groups is 1. The van der Waals surface area contributed by atoms with Crippen molar-refractivity contribution < 1.29 is 9.53 Å². The number of nitrogens with two attached hydrogens (primary N) is 1. The van der Waals surface area contributed by atoms with Gasteiger partial charge in [-0.25, -0.2) is 0 Å². The quantitative estimate of drug-likeness (QED) is 0.833. The van der Waals surface area contributed by atoms with Gasteiger partial charge in [0.1, 0.15) is 0 Å². The van der Waals surface area contributed by atoms with E-state index >= 15 is 0 Å². The largest absolute Gasteiger partial charge is 0.466 e. The fourth-order valence-corrected chi connectivity index (χ4v) is 1.36. The maximum absolute atomic E-state index is 11.2. The Morgan fingerprint density at radius 2 is 2.29 bits per heavy atom. The van der Waals surface area contributed by atoms with E-state index in [4.69, 9.17) is 15.7 Å². The lowest BCUT2D eigenvalue weighted by atomic mass is 10.0. The van der Waals surface area contributed by atoms with E-state index in [0.29, 0.717) is 12.2 Å². The van der Waals surface area contributed by atoms with Crippen molar-refractivity contribution >= 4 is 18.4 Å².